The number of nitrogens with one attached hydrogen (secondary N) is 1. The van der Waals surface area contributed by atoms with Gasteiger partial charge in [-0.15, -0.1) is 5.92 Å². The van der Waals surface area contributed by atoms with Gasteiger partial charge in [0.15, 0.2) is 6.04 Å². The first-order chi connectivity index (χ1) is 7.66. The molecule has 0 aromatic rings. The van der Waals surface area contributed by atoms with Crippen LogP contribution in [0.15, 0.2) is 0 Å². The summed E-state index contributed by atoms with van der Waals surface area (Å²) in [5.41, 5.74) is 0. The van der Waals surface area contributed by atoms with Crippen LogP contribution in [0.1, 0.15) is 6.92 Å². The molecule has 88 valence electrons. The van der Waals surface area contributed by atoms with Gasteiger partial charge in [-0.1, -0.05) is 5.92 Å². The first kappa shape index (κ1) is 12.3. The monoisotopic (exact) mass is 226 g/mol. The van der Waals surface area contributed by atoms with Gasteiger partial charge >= 0.3 is 12.0 Å². The number of ether oxygens (including phenoxy) is 1. The third-order valence-electron chi connectivity index (χ3n) is 2.18. The first-order valence-corrected chi connectivity index (χ1v) is 4.91. The van der Waals surface area contributed by atoms with E-state index >= 15 is 0 Å². The molecule has 16 heavy (non-hydrogen) atoms. The van der Waals surface area contributed by atoms with Gasteiger partial charge in [-0.25, -0.2) is 9.59 Å². The quantitative estimate of drug-likeness (QED) is 0.622. The molecule has 1 unspecified atom stereocenters. The predicted molar refractivity (Wildman–Crippen MR) is 55.8 cm³/mol. The number of carbonyl (C=O) groups excluding carboxylic acids is 1. The highest BCUT2D eigenvalue weighted by atomic mass is 16.5. The van der Waals surface area contributed by atoms with Crippen LogP contribution in [-0.2, 0) is 9.53 Å². The average molecular weight is 226 g/mol. The zero-order chi connectivity index (χ0) is 12.0. The second-order valence-electron chi connectivity index (χ2n) is 3.21. The molecule has 0 aromatic carbocycles. The van der Waals surface area contributed by atoms with Gasteiger partial charge < -0.3 is 20.1 Å². The number of carboxylic acids is 1. The Morgan fingerprint density at radius 2 is 2.38 bits per heavy atom. The fourth-order valence-corrected chi connectivity index (χ4v) is 1.36. The number of aliphatic carboxylic acids is 1. The third kappa shape index (κ3) is 3.14. The highest BCUT2D eigenvalue weighted by Crippen LogP contribution is 2.07. The van der Waals surface area contributed by atoms with Crippen molar-refractivity contribution in [2.75, 3.05) is 26.3 Å². The number of amides is 2. The number of carboxylic acid groups (broad SMARTS) is 1. The molecule has 1 atom stereocenters. The molecule has 1 aliphatic heterocycles. The second kappa shape index (κ2) is 5.98. The molecule has 1 rings (SSSR count). The van der Waals surface area contributed by atoms with E-state index in [0.717, 1.165) is 0 Å². The highest BCUT2D eigenvalue weighted by Gasteiger charge is 2.32. The second-order valence-corrected chi connectivity index (χ2v) is 3.21. The minimum Gasteiger partial charge on any atom is -0.480 e. The van der Waals surface area contributed by atoms with Crippen LogP contribution < -0.4 is 5.32 Å². The van der Waals surface area contributed by atoms with Gasteiger partial charge in [-0.05, 0) is 6.92 Å². The molecular weight excluding hydrogens is 212 g/mol. The lowest BCUT2D eigenvalue weighted by atomic mass is 10.2. The Kier molecular flexibility index (Phi) is 4.61. The molecule has 1 fully saturated rings. The number of hydrogen-bond acceptors (Lipinski definition) is 3. The van der Waals surface area contributed by atoms with E-state index in [4.69, 9.17) is 9.84 Å². The van der Waals surface area contributed by atoms with Gasteiger partial charge in [-0.2, -0.15) is 0 Å². The zero-order valence-electron chi connectivity index (χ0n) is 9.02. The minimum atomic E-state index is -1.06. The number of nitrogens with zero attached hydrogens (tertiary/aromatic N) is 1. The fourth-order valence-electron chi connectivity index (χ4n) is 1.36. The standard InChI is InChI=1S/C10H14N2O4/c1-2-3-4-11-10(15)12-5-6-16-7-8(12)9(13)14/h8H,4-7H2,1H3,(H,11,15)(H,13,14). The van der Waals surface area contributed by atoms with E-state index in [2.05, 4.69) is 17.2 Å². The van der Waals surface area contributed by atoms with Crippen LogP contribution in [0, 0.1) is 11.8 Å². The van der Waals surface area contributed by atoms with E-state index in [1.54, 1.807) is 6.92 Å². The molecule has 0 radical (unpaired) electrons. The van der Waals surface area contributed by atoms with Crippen LogP contribution in [0.25, 0.3) is 0 Å². The van der Waals surface area contributed by atoms with Gasteiger partial charge in [0.1, 0.15) is 0 Å². The molecule has 6 heteroatoms. The maximum absolute atomic E-state index is 11.6. The average Bonchev–Trinajstić information content (AvgIpc) is 2.29. The van der Waals surface area contributed by atoms with Crippen molar-refractivity contribution in [3.8, 4) is 11.8 Å². The van der Waals surface area contributed by atoms with Crippen molar-refractivity contribution in [2.45, 2.75) is 13.0 Å². The van der Waals surface area contributed by atoms with Gasteiger partial charge in [0.25, 0.3) is 0 Å². The Morgan fingerprint density at radius 3 is 3.00 bits per heavy atom. The van der Waals surface area contributed by atoms with Crippen LogP contribution in [0.2, 0.25) is 0 Å². The molecule has 0 aromatic heterocycles. The lowest BCUT2D eigenvalue weighted by Gasteiger charge is -2.32. The number of rotatable bonds is 2. The summed E-state index contributed by atoms with van der Waals surface area (Å²) in [6, 6.07) is -1.33. The molecular formula is C10H14N2O4. The Bertz CT molecular complexity index is 331. The molecule has 1 heterocycles. The number of hydrogen-bond donors (Lipinski definition) is 2. The first-order valence-electron chi connectivity index (χ1n) is 4.91. The van der Waals surface area contributed by atoms with E-state index in [0.29, 0.717) is 6.61 Å². The number of carbonyl (C=O) groups is 2. The summed E-state index contributed by atoms with van der Waals surface area (Å²) in [6.07, 6.45) is 0. The van der Waals surface area contributed by atoms with Gasteiger partial charge in [0, 0.05) is 6.54 Å². The SMILES string of the molecule is CC#CCNC(=O)N1CCOCC1C(=O)O. The smallest absolute Gasteiger partial charge is 0.328 e. The van der Waals surface area contributed by atoms with Crippen LogP contribution in [0.5, 0.6) is 0 Å². The Morgan fingerprint density at radius 1 is 1.62 bits per heavy atom. The maximum atomic E-state index is 11.6. The van der Waals surface area contributed by atoms with E-state index in [1.807, 2.05) is 0 Å². The van der Waals surface area contributed by atoms with Crippen molar-refractivity contribution in [1.82, 2.24) is 10.2 Å². The molecule has 2 amide bonds. The van der Waals surface area contributed by atoms with Crippen molar-refractivity contribution in [3.05, 3.63) is 0 Å². The summed E-state index contributed by atoms with van der Waals surface area (Å²) < 4.78 is 5.02. The summed E-state index contributed by atoms with van der Waals surface area (Å²) >= 11 is 0. The normalized spacial score (nSPS) is 19.6. The van der Waals surface area contributed by atoms with Crippen molar-refractivity contribution in [1.29, 1.82) is 0 Å². The van der Waals surface area contributed by atoms with E-state index in [1.165, 1.54) is 4.90 Å². The molecule has 6 nitrogen and oxygen atoms in total. The molecule has 1 saturated heterocycles. The molecule has 2 N–H and O–H groups in total. The van der Waals surface area contributed by atoms with Crippen molar-refractivity contribution >= 4 is 12.0 Å². The highest BCUT2D eigenvalue weighted by molar-refractivity contribution is 5.83. The fraction of sp³-hybridized carbons (Fsp3) is 0.600. The van der Waals surface area contributed by atoms with Crippen LogP contribution >= 0.6 is 0 Å². The number of urea groups is 1. The summed E-state index contributed by atoms with van der Waals surface area (Å²) in [7, 11) is 0. The minimum absolute atomic E-state index is 0.0300. The molecule has 0 spiro atoms. The lowest BCUT2D eigenvalue weighted by molar-refractivity contribution is -0.147. The largest absolute Gasteiger partial charge is 0.480 e. The van der Waals surface area contributed by atoms with E-state index in [9.17, 15) is 9.59 Å². The topological polar surface area (TPSA) is 78.9 Å². The van der Waals surface area contributed by atoms with Gasteiger partial charge in [-0.3, -0.25) is 0 Å². The van der Waals surface area contributed by atoms with E-state index < -0.39 is 18.0 Å². The molecule has 0 saturated carbocycles. The Hall–Kier alpha value is -1.74. The number of morpholine rings is 1. The third-order valence-corrected chi connectivity index (χ3v) is 2.18. The van der Waals surface area contributed by atoms with Crippen LogP contribution in [0.4, 0.5) is 4.79 Å². The van der Waals surface area contributed by atoms with E-state index in [-0.39, 0.29) is 19.7 Å². The zero-order valence-corrected chi connectivity index (χ0v) is 9.02. The van der Waals surface area contributed by atoms with Crippen molar-refractivity contribution < 1.29 is 19.4 Å². The van der Waals surface area contributed by atoms with Gasteiger partial charge in [0.05, 0.1) is 19.8 Å². The van der Waals surface area contributed by atoms with Crippen LogP contribution in [0.3, 0.4) is 0 Å². The van der Waals surface area contributed by atoms with Crippen molar-refractivity contribution in [2.24, 2.45) is 0 Å². The maximum Gasteiger partial charge on any atom is 0.328 e. The lowest BCUT2D eigenvalue weighted by Crippen LogP contribution is -2.55. The summed E-state index contributed by atoms with van der Waals surface area (Å²) in [4.78, 5) is 23.7. The van der Waals surface area contributed by atoms with Crippen LogP contribution in [-0.4, -0.2) is 54.4 Å². The molecule has 0 aliphatic carbocycles. The molecule has 0 bridgehead atoms. The van der Waals surface area contributed by atoms with Gasteiger partial charge in [0.2, 0.25) is 0 Å². The summed E-state index contributed by atoms with van der Waals surface area (Å²) in [5, 5.41) is 11.4. The van der Waals surface area contributed by atoms with Crippen molar-refractivity contribution in [3.63, 3.8) is 0 Å². The predicted octanol–water partition coefficient (Wildman–Crippen LogP) is -0.495. The Balaban J connectivity index is 2.56. The summed E-state index contributed by atoms with van der Waals surface area (Å²) in [6.45, 7) is 2.56. The Labute approximate surface area is 93.6 Å². The summed E-state index contributed by atoms with van der Waals surface area (Å²) in [5.74, 6) is 4.25. The molecule has 1 aliphatic rings.